The van der Waals surface area contributed by atoms with E-state index in [0.29, 0.717) is 24.8 Å². The number of rotatable bonds is 4. The lowest BCUT2D eigenvalue weighted by atomic mass is 10.0. The lowest BCUT2D eigenvalue weighted by Crippen LogP contribution is -2.44. The summed E-state index contributed by atoms with van der Waals surface area (Å²) in [6.07, 6.45) is 5.00. The molecule has 0 radical (unpaired) electrons. The number of aromatic nitrogens is 2. The number of carboxylic acid groups (broad SMARTS) is 1. The second-order valence-electron chi connectivity index (χ2n) is 5.14. The molecule has 1 atom stereocenters. The van der Waals surface area contributed by atoms with Crippen LogP contribution >= 0.6 is 0 Å². The van der Waals surface area contributed by atoms with Crippen LogP contribution in [-0.4, -0.2) is 38.7 Å². The Bertz CT molecular complexity index is 442. The first kappa shape index (κ1) is 11.6. The molecule has 0 aromatic carbocycles. The van der Waals surface area contributed by atoms with Crippen molar-refractivity contribution in [1.82, 2.24) is 15.0 Å². The Hall–Kier alpha value is -1.43. The van der Waals surface area contributed by atoms with Crippen molar-refractivity contribution in [1.29, 1.82) is 0 Å². The Kier molecular flexibility index (Phi) is 3.03. The topological polar surface area (TPSA) is 79.5 Å². The van der Waals surface area contributed by atoms with Gasteiger partial charge in [-0.1, -0.05) is 11.6 Å². The molecule has 1 saturated carbocycles. The average molecular weight is 251 g/mol. The van der Waals surface area contributed by atoms with E-state index in [9.17, 15) is 9.90 Å². The summed E-state index contributed by atoms with van der Waals surface area (Å²) < 4.78 is 5.20. The number of carboxylic acids is 1. The van der Waals surface area contributed by atoms with Gasteiger partial charge < -0.3 is 9.63 Å². The molecule has 2 fully saturated rings. The fourth-order valence-corrected chi connectivity index (χ4v) is 2.47. The summed E-state index contributed by atoms with van der Waals surface area (Å²) in [6.45, 7) is 1.24. The molecule has 98 valence electrons. The summed E-state index contributed by atoms with van der Waals surface area (Å²) in [5.41, 5.74) is 0. The van der Waals surface area contributed by atoms with Crippen LogP contribution in [0.4, 0.5) is 0 Å². The van der Waals surface area contributed by atoms with Gasteiger partial charge in [0.05, 0.1) is 6.54 Å². The zero-order chi connectivity index (χ0) is 12.5. The largest absolute Gasteiger partial charge is 0.480 e. The molecule has 0 spiro atoms. The van der Waals surface area contributed by atoms with E-state index in [1.807, 2.05) is 4.90 Å². The minimum Gasteiger partial charge on any atom is -0.480 e. The van der Waals surface area contributed by atoms with Gasteiger partial charge in [-0.3, -0.25) is 9.69 Å². The molecule has 3 rings (SSSR count). The van der Waals surface area contributed by atoms with E-state index in [1.165, 1.54) is 0 Å². The van der Waals surface area contributed by atoms with Gasteiger partial charge in [0, 0.05) is 5.92 Å². The monoisotopic (exact) mass is 251 g/mol. The second-order valence-corrected chi connectivity index (χ2v) is 5.14. The molecule has 2 aliphatic rings. The van der Waals surface area contributed by atoms with Gasteiger partial charge in [-0.15, -0.1) is 0 Å². The van der Waals surface area contributed by atoms with Gasteiger partial charge in [-0.25, -0.2) is 0 Å². The van der Waals surface area contributed by atoms with E-state index in [4.69, 9.17) is 4.52 Å². The van der Waals surface area contributed by atoms with Crippen LogP contribution in [0.3, 0.4) is 0 Å². The first-order valence-corrected chi connectivity index (χ1v) is 6.53. The van der Waals surface area contributed by atoms with Crippen LogP contribution in [0.2, 0.25) is 0 Å². The fraction of sp³-hybridized carbons (Fsp3) is 0.750. The van der Waals surface area contributed by atoms with Crippen LogP contribution in [0, 0.1) is 0 Å². The van der Waals surface area contributed by atoms with E-state index >= 15 is 0 Å². The Labute approximate surface area is 105 Å². The quantitative estimate of drug-likeness (QED) is 0.871. The van der Waals surface area contributed by atoms with E-state index in [2.05, 4.69) is 10.1 Å². The highest BCUT2D eigenvalue weighted by atomic mass is 16.5. The van der Waals surface area contributed by atoms with Crippen molar-refractivity contribution in [3.05, 3.63) is 11.7 Å². The maximum atomic E-state index is 11.2. The number of nitrogens with zero attached hydrogens (tertiary/aromatic N) is 3. The SMILES string of the molecule is O=C(O)C1CCCCN1Cc1nc(C2CC2)no1. The van der Waals surface area contributed by atoms with Crippen LogP contribution < -0.4 is 0 Å². The molecule has 1 aromatic rings. The third-order valence-corrected chi connectivity index (χ3v) is 3.66. The third-order valence-electron chi connectivity index (χ3n) is 3.66. The van der Waals surface area contributed by atoms with Crippen molar-refractivity contribution < 1.29 is 14.4 Å². The zero-order valence-corrected chi connectivity index (χ0v) is 10.2. The summed E-state index contributed by atoms with van der Waals surface area (Å²) in [6, 6.07) is -0.407. The van der Waals surface area contributed by atoms with Crippen LogP contribution in [-0.2, 0) is 11.3 Å². The van der Waals surface area contributed by atoms with Gasteiger partial charge >= 0.3 is 5.97 Å². The van der Waals surface area contributed by atoms with Crippen LogP contribution in [0.15, 0.2) is 4.52 Å². The second kappa shape index (κ2) is 4.68. The molecular formula is C12H17N3O3. The predicted octanol–water partition coefficient (Wildman–Crippen LogP) is 1.39. The number of hydrogen-bond acceptors (Lipinski definition) is 5. The maximum absolute atomic E-state index is 11.2. The smallest absolute Gasteiger partial charge is 0.320 e. The minimum absolute atomic E-state index is 0.407. The Morgan fingerprint density at radius 2 is 2.22 bits per heavy atom. The summed E-state index contributed by atoms with van der Waals surface area (Å²) in [5.74, 6) is 1.05. The number of likely N-dealkylation sites (tertiary alicyclic amines) is 1. The molecule has 1 N–H and O–H groups in total. The molecule has 0 bridgehead atoms. The number of carbonyl (C=O) groups is 1. The van der Waals surface area contributed by atoms with E-state index < -0.39 is 12.0 Å². The normalized spacial score (nSPS) is 25.2. The average Bonchev–Trinajstić information content (AvgIpc) is 3.11. The Morgan fingerprint density at radius 1 is 1.39 bits per heavy atom. The molecule has 6 heteroatoms. The molecule has 1 saturated heterocycles. The lowest BCUT2D eigenvalue weighted by molar-refractivity contribution is -0.145. The summed E-state index contributed by atoms with van der Waals surface area (Å²) in [5, 5.41) is 13.1. The summed E-state index contributed by atoms with van der Waals surface area (Å²) in [7, 11) is 0. The third kappa shape index (κ3) is 2.38. The van der Waals surface area contributed by atoms with Crippen molar-refractivity contribution in [2.24, 2.45) is 0 Å². The van der Waals surface area contributed by atoms with E-state index in [0.717, 1.165) is 38.1 Å². The van der Waals surface area contributed by atoms with Crippen molar-refractivity contribution in [3.63, 3.8) is 0 Å². The fourth-order valence-electron chi connectivity index (χ4n) is 2.47. The molecule has 18 heavy (non-hydrogen) atoms. The molecule has 6 nitrogen and oxygen atoms in total. The highest BCUT2D eigenvalue weighted by Crippen LogP contribution is 2.38. The Balaban J connectivity index is 1.67. The zero-order valence-electron chi connectivity index (χ0n) is 10.2. The minimum atomic E-state index is -0.753. The van der Waals surface area contributed by atoms with Crippen LogP contribution in [0.25, 0.3) is 0 Å². The lowest BCUT2D eigenvalue weighted by Gasteiger charge is -2.31. The van der Waals surface area contributed by atoms with Gasteiger partial charge in [-0.2, -0.15) is 4.98 Å². The molecule has 1 aliphatic heterocycles. The molecule has 0 amide bonds. The first-order chi connectivity index (χ1) is 8.74. The molecule has 1 unspecified atom stereocenters. The number of piperidine rings is 1. The highest BCUT2D eigenvalue weighted by Gasteiger charge is 2.32. The molecule has 1 aliphatic carbocycles. The van der Waals surface area contributed by atoms with E-state index in [1.54, 1.807) is 0 Å². The van der Waals surface area contributed by atoms with Gasteiger partial charge in [0.1, 0.15) is 6.04 Å². The molecular weight excluding hydrogens is 234 g/mol. The molecule has 2 heterocycles. The van der Waals surface area contributed by atoms with Gasteiger partial charge in [-0.05, 0) is 32.2 Å². The predicted molar refractivity (Wildman–Crippen MR) is 62.0 cm³/mol. The Morgan fingerprint density at radius 3 is 2.94 bits per heavy atom. The van der Waals surface area contributed by atoms with Crippen molar-refractivity contribution in [2.45, 2.75) is 50.6 Å². The van der Waals surface area contributed by atoms with Crippen LogP contribution in [0.5, 0.6) is 0 Å². The van der Waals surface area contributed by atoms with Crippen molar-refractivity contribution in [3.8, 4) is 0 Å². The van der Waals surface area contributed by atoms with Crippen molar-refractivity contribution in [2.75, 3.05) is 6.54 Å². The number of aliphatic carboxylic acids is 1. The summed E-state index contributed by atoms with van der Waals surface area (Å²) >= 11 is 0. The first-order valence-electron chi connectivity index (χ1n) is 6.53. The highest BCUT2D eigenvalue weighted by molar-refractivity contribution is 5.73. The van der Waals surface area contributed by atoms with Crippen LogP contribution in [0.1, 0.15) is 49.7 Å². The van der Waals surface area contributed by atoms with Gasteiger partial charge in [0.15, 0.2) is 5.82 Å². The van der Waals surface area contributed by atoms with Crippen molar-refractivity contribution >= 4 is 5.97 Å². The van der Waals surface area contributed by atoms with Gasteiger partial charge in [0.25, 0.3) is 0 Å². The van der Waals surface area contributed by atoms with E-state index in [-0.39, 0.29) is 0 Å². The molecule has 1 aromatic heterocycles. The number of hydrogen-bond donors (Lipinski definition) is 1. The van der Waals surface area contributed by atoms with Gasteiger partial charge in [0.2, 0.25) is 5.89 Å². The summed E-state index contributed by atoms with van der Waals surface area (Å²) in [4.78, 5) is 17.4. The maximum Gasteiger partial charge on any atom is 0.320 e. The standard InChI is InChI=1S/C12H17N3O3/c16-12(17)9-3-1-2-6-15(9)7-10-13-11(14-18-10)8-4-5-8/h8-9H,1-7H2,(H,16,17).